The van der Waals surface area contributed by atoms with Crippen LogP contribution in [0.25, 0.3) is 0 Å². The molecular formula is C9H12F2N2O4S. The highest BCUT2D eigenvalue weighted by Crippen LogP contribution is 2.14. The Labute approximate surface area is 102 Å². The van der Waals surface area contributed by atoms with E-state index in [1.807, 2.05) is 0 Å². The number of hydrogen-bond donors (Lipinski definition) is 2. The van der Waals surface area contributed by atoms with Gasteiger partial charge in [0.05, 0.1) is 6.54 Å². The molecule has 18 heavy (non-hydrogen) atoms. The number of rotatable bonds is 6. The Kier molecular flexibility index (Phi) is 4.41. The number of halogens is 2. The van der Waals surface area contributed by atoms with Crippen molar-refractivity contribution in [3.8, 4) is 0 Å². The summed E-state index contributed by atoms with van der Waals surface area (Å²) in [6.07, 6.45) is -1.72. The lowest BCUT2D eigenvalue weighted by Gasteiger charge is -2.03. The fourth-order valence-electron chi connectivity index (χ4n) is 1.33. The van der Waals surface area contributed by atoms with Crippen LogP contribution < -0.4 is 4.72 Å². The Morgan fingerprint density at radius 3 is 2.56 bits per heavy atom. The molecular weight excluding hydrogens is 270 g/mol. The van der Waals surface area contributed by atoms with Crippen LogP contribution in [0.15, 0.2) is 17.2 Å². The summed E-state index contributed by atoms with van der Waals surface area (Å²) in [5.41, 5.74) is -0.213. The Morgan fingerprint density at radius 1 is 1.56 bits per heavy atom. The van der Waals surface area contributed by atoms with Crippen molar-refractivity contribution >= 4 is 16.0 Å². The number of alkyl halides is 2. The first-order valence-electron chi connectivity index (χ1n) is 4.99. The number of hydrogen-bond acceptors (Lipinski definition) is 3. The second kappa shape index (κ2) is 5.44. The zero-order valence-electron chi connectivity index (χ0n) is 9.43. The topological polar surface area (TPSA) is 88.4 Å². The van der Waals surface area contributed by atoms with E-state index in [0.717, 1.165) is 12.3 Å². The van der Waals surface area contributed by atoms with Gasteiger partial charge in [-0.3, -0.25) is 0 Å². The highest BCUT2D eigenvalue weighted by molar-refractivity contribution is 7.89. The van der Waals surface area contributed by atoms with Crippen molar-refractivity contribution in [2.75, 3.05) is 6.54 Å². The van der Waals surface area contributed by atoms with Gasteiger partial charge in [-0.2, -0.15) is 0 Å². The van der Waals surface area contributed by atoms with E-state index in [4.69, 9.17) is 5.11 Å². The predicted octanol–water partition coefficient (Wildman–Crippen LogP) is 0.750. The number of carboxylic acids is 1. The minimum Gasteiger partial charge on any atom is -0.477 e. The van der Waals surface area contributed by atoms with Crippen LogP contribution >= 0.6 is 0 Å². The van der Waals surface area contributed by atoms with Crippen molar-refractivity contribution < 1.29 is 27.1 Å². The van der Waals surface area contributed by atoms with Gasteiger partial charge in [-0.1, -0.05) is 0 Å². The van der Waals surface area contributed by atoms with E-state index in [2.05, 4.69) is 0 Å². The predicted molar refractivity (Wildman–Crippen MR) is 58.3 cm³/mol. The van der Waals surface area contributed by atoms with Crippen LogP contribution in [0.2, 0.25) is 0 Å². The first-order chi connectivity index (χ1) is 8.27. The number of carboxylic acid groups (broad SMARTS) is 1. The molecule has 0 unspecified atom stereocenters. The summed E-state index contributed by atoms with van der Waals surface area (Å²) in [5, 5.41) is 8.84. The molecule has 102 valence electrons. The average molecular weight is 282 g/mol. The maximum Gasteiger partial charge on any atom is 0.352 e. The Bertz CT molecular complexity index is 539. The van der Waals surface area contributed by atoms with Crippen LogP contribution in [0, 0.1) is 0 Å². The van der Waals surface area contributed by atoms with E-state index < -0.39 is 29.0 Å². The summed E-state index contributed by atoms with van der Waals surface area (Å²) in [7, 11) is -4.11. The first-order valence-corrected chi connectivity index (χ1v) is 6.47. The summed E-state index contributed by atoms with van der Waals surface area (Å²) in [6, 6.07) is 0.930. The van der Waals surface area contributed by atoms with E-state index >= 15 is 0 Å². The van der Waals surface area contributed by atoms with E-state index in [0.29, 0.717) is 0 Å². The van der Waals surface area contributed by atoms with Gasteiger partial charge in [-0.05, 0) is 13.0 Å². The lowest BCUT2D eigenvalue weighted by atomic mass is 10.4. The van der Waals surface area contributed by atoms with Crippen LogP contribution in [-0.2, 0) is 16.6 Å². The van der Waals surface area contributed by atoms with Crippen molar-refractivity contribution in [1.82, 2.24) is 9.29 Å². The molecule has 0 saturated carbocycles. The van der Waals surface area contributed by atoms with Crippen molar-refractivity contribution in [2.45, 2.75) is 24.8 Å². The van der Waals surface area contributed by atoms with Gasteiger partial charge in [0.15, 0.2) is 0 Å². The molecule has 0 aromatic carbocycles. The molecule has 0 aliphatic carbocycles. The second-order valence-corrected chi connectivity index (χ2v) is 5.16. The van der Waals surface area contributed by atoms with Crippen LogP contribution in [0.4, 0.5) is 8.78 Å². The van der Waals surface area contributed by atoms with E-state index in [-0.39, 0.29) is 17.1 Å². The smallest absolute Gasteiger partial charge is 0.352 e. The van der Waals surface area contributed by atoms with Gasteiger partial charge in [0.1, 0.15) is 10.6 Å². The highest BCUT2D eigenvalue weighted by Gasteiger charge is 2.21. The van der Waals surface area contributed by atoms with Gasteiger partial charge in [-0.15, -0.1) is 0 Å². The van der Waals surface area contributed by atoms with Crippen molar-refractivity contribution in [3.63, 3.8) is 0 Å². The average Bonchev–Trinajstić information content (AvgIpc) is 2.71. The normalized spacial score (nSPS) is 12.0. The van der Waals surface area contributed by atoms with Gasteiger partial charge < -0.3 is 9.67 Å². The highest BCUT2D eigenvalue weighted by atomic mass is 32.2. The van der Waals surface area contributed by atoms with Gasteiger partial charge >= 0.3 is 5.97 Å². The Morgan fingerprint density at radius 2 is 2.17 bits per heavy atom. The second-order valence-electron chi connectivity index (χ2n) is 3.40. The molecule has 0 atom stereocenters. The monoisotopic (exact) mass is 282 g/mol. The van der Waals surface area contributed by atoms with E-state index in [9.17, 15) is 22.0 Å². The molecule has 0 spiro atoms. The molecule has 0 aliphatic rings. The van der Waals surface area contributed by atoms with Gasteiger partial charge in [0, 0.05) is 12.7 Å². The summed E-state index contributed by atoms with van der Waals surface area (Å²) < 4.78 is 49.9. The molecule has 1 rings (SSSR count). The lowest BCUT2D eigenvalue weighted by Crippen LogP contribution is -2.28. The molecule has 0 radical (unpaired) electrons. The first kappa shape index (κ1) is 14.6. The maximum atomic E-state index is 11.9. The largest absolute Gasteiger partial charge is 0.477 e. The molecule has 0 aliphatic heterocycles. The fourth-order valence-corrected chi connectivity index (χ4v) is 2.37. The third kappa shape index (κ3) is 3.26. The number of nitrogens with zero attached hydrogens (tertiary/aromatic N) is 1. The minimum atomic E-state index is -4.11. The quantitative estimate of drug-likeness (QED) is 0.806. The third-order valence-electron chi connectivity index (χ3n) is 2.17. The Hall–Kier alpha value is -1.48. The molecule has 0 saturated heterocycles. The molecule has 1 aromatic rings. The summed E-state index contributed by atoms with van der Waals surface area (Å²) in [6.45, 7) is 0.878. The number of sulfonamides is 1. The zero-order valence-corrected chi connectivity index (χ0v) is 10.2. The SMILES string of the molecule is CCn1cc(S(=O)(=O)NCC(F)F)cc1C(=O)O. The van der Waals surface area contributed by atoms with Crippen LogP contribution in [0.3, 0.4) is 0 Å². The number of carbonyl (C=O) groups is 1. The zero-order chi connectivity index (χ0) is 13.9. The van der Waals surface area contributed by atoms with Crippen molar-refractivity contribution in [1.29, 1.82) is 0 Å². The molecule has 9 heteroatoms. The molecule has 0 fully saturated rings. The Balaban J connectivity index is 3.06. The van der Waals surface area contributed by atoms with Crippen molar-refractivity contribution in [2.24, 2.45) is 0 Å². The van der Waals surface area contributed by atoms with Crippen LogP contribution in [-0.4, -0.2) is 37.0 Å². The summed E-state index contributed by atoms with van der Waals surface area (Å²) in [5.74, 6) is -1.29. The number of nitrogens with one attached hydrogen (secondary N) is 1. The maximum absolute atomic E-state index is 11.9. The molecule has 1 aromatic heterocycles. The molecule has 2 N–H and O–H groups in total. The minimum absolute atomic E-state index is 0.213. The molecule has 1 heterocycles. The van der Waals surface area contributed by atoms with Gasteiger partial charge in [0.2, 0.25) is 10.0 Å². The number of aryl methyl sites for hydroxylation is 1. The molecule has 6 nitrogen and oxygen atoms in total. The van der Waals surface area contributed by atoms with E-state index in [1.165, 1.54) is 4.57 Å². The van der Waals surface area contributed by atoms with Crippen LogP contribution in [0.5, 0.6) is 0 Å². The fraction of sp³-hybridized carbons (Fsp3) is 0.444. The molecule has 0 amide bonds. The van der Waals surface area contributed by atoms with Crippen molar-refractivity contribution in [3.05, 3.63) is 18.0 Å². The van der Waals surface area contributed by atoms with E-state index in [1.54, 1.807) is 11.6 Å². The lowest BCUT2D eigenvalue weighted by molar-refractivity contribution is 0.0685. The van der Waals surface area contributed by atoms with Gasteiger partial charge in [-0.25, -0.2) is 26.7 Å². The standard InChI is InChI=1S/C9H12F2N2O4S/c1-2-13-5-6(3-7(13)9(14)15)18(16,17)12-4-8(10)11/h3,5,8,12H,2,4H2,1H3,(H,14,15). The third-order valence-corrected chi connectivity index (χ3v) is 3.56. The number of aromatic carboxylic acids is 1. The van der Waals surface area contributed by atoms with Gasteiger partial charge in [0.25, 0.3) is 6.43 Å². The number of aromatic nitrogens is 1. The van der Waals surface area contributed by atoms with Crippen LogP contribution in [0.1, 0.15) is 17.4 Å². The molecule has 0 bridgehead atoms. The summed E-state index contributed by atoms with van der Waals surface area (Å²) >= 11 is 0. The summed E-state index contributed by atoms with van der Waals surface area (Å²) in [4.78, 5) is 10.5.